The summed E-state index contributed by atoms with van der Waals surface area (Å²) in [5.74, 6) is 0.436. The molecule has 92 valence electrons. The average Bonchev–Trinajstić information content (AvgIpc) is 2.38. The van der Waals surface area contributed by atoms with E-state index in [1.165, 1.54) is 5.56 Å². The van der Waals surface area contributed by atoms with E-state index in [1.54, 1.807) is 12.1 Å². The predicted octanol–water partition coefficient (Wildman–Crippen LogP) is 4.69. The summed E-state index contributed by atoms with van der Waals surface area (Å²) < 4.78 is 0. The van der Waals surface area contributed by atoms with E-state index in [1.807, 2.05) is 36.4 Å². The van der Waals surface area contributed by atoms with E-state index in [9.17, 15) is 4.79 Å². The van der Waals surface area contributed by atoms with Gasteiger partial charge in [-0.15, -0.1) is 0 Å². The van der Waals surface area contributed by atoms with E-state index >= 15 is 0 Å². The zero-order valence-electron chi connectivity index (χ0n) is 10.5. The number of benzene rings is 2. The maximum atomic E-state index is 12.3. The van der Waals surface area contributed by atoms with Gasteiger partial charge in [-0.25, -0.2) is 0 Å². The Hall–Kier alpha value is -1.60. The standard InChI is InChI=1S/C16H15ClO/c1-11(2)12-7-9-13(10-8-12)16(18)14-5-3-4-6-15(14)17/h3-11H,1-2H3. The summed E-state index contributed by atoms with van der Waals surface area (Å²) in [5.41, 5.74) is 2.45. The number of carbonyl (C=O) groups is 1. The maximum Gasteiger partial charge on any atom is 0.194 e. The van der Waals surface area contributed by atoms with E-state index in [0.29, 0.717) is 22.1 Å². The molecule has 0 heterocycles. The summed E-state index contributed by atoms with van der Waals surface area (Å²) in [6, 6.07) is 14.8. The van der Waals surface area contributed by atoms with Gasteiger partial charge in [0.05, 0.1) is 5.02 Å². The molecule has 0 unspecified atom stereocenters. The van der Waals surface area contributed by atoms with Crippen LogP contribution < -0.4 is 0 Å². The van der Waals surface area contributed by atoms with E-state index in [2.05, 4.69) is 13.8 Å². The molecular weight excluding hydrogens is 244 g/mol. The number of ketones is 1. The minimum absolute atomic E-state index is 0.0316. The second kappa shape index (κ2) is 5.36. The summed E-state index contributed by atoms with van der Waals surface area (Å²) in [6.45, 7) is 4.26. The molecule has 0 aliphatic heterocycles. The Bertz CT molecular complexity index is 556. The van der Waals surface area contributed by atoms with Gasteiger partial charge in [-0.05, 0) is 23.6 Å². The number of rotatable bonds is 3. The molecule has 0 spiro atoms. The highest BCUT2D eigenvalue weighted by Gasteiger charge is 2.12. The van der Waals surface area contributed by atoms with Gasteiger partial charge in [-0.1, -0.05) is 61.8 Å². The van der Waals surface area contributed by atoms with E-state index < -0.39 is 0 Å². The van der Waals surface area contributed by atoms with Gasteiger partial charge in [0.1, 0.15) is 0 Å². The summed E-state index contributed by atoms with van der Waals surface area (Å²) in [7, 11) is 0. The van der Waals surface area contributed by atoms with Gasteiger partial charge in [-0.2, -0.15) is 0 Å². The maximum absolute atomic E-state index is 12.3. The predicted molar refractivity (Wildman–Crippen MR) is 75.4 cm³/mol. The fourth-order valence-corrected chi connectivity index (χ4v) is 2.04. The van der Waals surface area contributed by atoms with Crippen molar-refractivity contribution in [3.05, 3.63) is 70.2 Å². The lowest BCUT2D eigenvalue weighted by Gasteiger charge is -2.07. The lowest BCUT2D eigenvalue weighted by molar-refractivity contribution is 0.103. The Morgan fingerprint density at radius 2 is 1.61 bits per heavy atom. The third kappa shape index (κ3) is 2.62. The van der Waals surface area contributed by atoms with E-state index in [0.717, 1.165) is 0 Å². The Morgan fingerprint density at radius 1 is 1.00 bits per heavy atom. The smallest absolute Gasteiger partial charge is 0.194 e. The minimum atomic E-state index is -0.0316. The highest BCUT2D eigenvalue weighted by atomic mass is 35.5. The minimum Gasteiger partial charge on any atom is -0.289 e. The van der Waals surface area contributed by atoms with Crippen molar-refractivity contribution in [2.24, 2.45) is 0 Å². The highest BCUT2D eigenvalue weighted by molar-refractivity contribution is 6.34. The molecule has 0 aliphatic rings. The molecular formula is C16H15ClO. The van der Waals surface area contributed by atoms with Crippen LogP contribution in [0.5, 0.6) is 0 Å². The molecule has 2 rings (SSSR count). The number of carbonyl (C=O) groups excluding carboxylic acids is 1. The summed E-state index contributed by atoms with van der Waals surface area (Å²) in [4.78, 5) is 12.3. The van der Waals surface area contributed by atoms with Crippen LogP contribution in [0.25, 0.3) is 0 Å². The van der Waals surface area contributed by atoms with Gasteiger partial charge in [-0.3, -0.25) is 4.79 Å². The molecule has 0 aromatic heterocycles. The lowest BCUT2D eigenvalue weighted by atomic mass is 9.98. The molecule has 2 aromatic rings. The quantitative estimate of drug-likeness (QED) is 0.730. The third-order valence-corrected chi connectivity index (χ3v) is 3.29. The molecule has 0 atom stereocenters. The van der Waals surface area contributed by atoms with Crippen molar-refractivity contribution in [1.82, 2.24) is 0 Å². The highest BCUT2D eigenvalue weighted by Crippen LogP contribution is 2.21. The average molecular weight is 259 g/mol. The van der Waals surface area contributed by atoms with Gasteiger partial charge < -0.3 is 0 Å². The number of halogens is 1. The molecule has 2 aromatic carbocycles. The lowest BCUT2D eigenvalue weighted by Crippen LogP contribution is -2.02. The topological polar surface area (TPSA) is 17.1 Å². The van der Waals surface area contributed by atoms with E-state index in [-0.39, 0.29) is 5.78 Å². The Labute approximate surface area is 112 Å². The Morgan fingerprint density at radius 3 is 2.17 bits per heavy atom. The van der Waals surface area contributed by atoms with Gasteiger partial charge in [0.25, 0.3) is 0 Å². The van der Waals surface area contributed by atoms with Gasteiger partial charge in [0.2, 0.25) is 0 Å². The van der Waals surface area contributed by atoms with Crippen LogP contribution in [0.15, 0.2) is 48.5 Å². The van der Waals surface area contributed by atoms with Crippen LogP contribution in [0.1, 0.15) is 41.3 Å². The van der Waals surface area contributed by atoms with Crippen molar-refractivity contribution >= 4 is 17.4 Å². The Balaban J connectivity index is 2.32. The first-order valence-corrected chi connectivity index (χ1v) is 6.36. The monoisotopic (exact) mass is 258 g/mol. The second-order valence-corrected chi connectivity index (χ2v) is 4.99. The molecule has 0 saturated carbocycles. The third-order valence-electron chi connectivity index (χ3n) is 2.96. The molecule has 0 saturated heterocycles. The first kappa shape index (κ1) is 12.8. The van der Waals surface area contributed by atoms with Crippen LogP contribution in [-0.2, 0) is 0 Å². The van der Waals surface area contributed by atoms with Crippen LogP contribution in [0.2, 0.25) is 5.02 Å². The largest absolute Gasteiger partial charge is 0.289 e. The summed E-state index contributed by atoms with van der Waals surface area (Å²) >= 11 is 6.03. The van der Waals surface area contributed by atoms with Crippen molar-refractivity contribution in [1.29, 1.82) is 0 Å². The molecule has 0 N–H and O–H groups in total. The molecule has 0 fully saturated rings. The molecule has 18 heavy (non-hydrogen) atoms. The summed E-state index contributed by atoms with van der Waals surface area (Å²) in [5, 5.41) is 0.496. The molecule has 1 nitrogen and oxygen atoms in total. The van der Waals surface area contributed by atoms with Gasteiger partial charge in [0, 0.05) is 11.1 Å². The summed E-state index contributed by atoms with van der Waals surface area (Å²) in [6.07, 6.45) is 0. The molecule has 0 radical (unpaired) electrons. The molecule has 0 bridgehead atoms. The zero-order valence-corrected chi connectivity index (χ0v) is 11.2. The fourth-order valence-electron chi connectivity index (χ4n) is 1.82. The number of hydrogen-bond acceptors (Lipinski definition) is 1. The van der Waals surface area contributed by atoms with Crippen LogP contribution >= 0.6 is 11.6 Å². The molecule has 0 aliphatic carbocycles. The molecule has 2 heteroatoms. The van der Waals surface area contributed by atoms with Gasteiger partial charge >= 0.3 is 0 Å². The van der Waals surface area contributed by atoms with Crippen molar-refractivity contribution < 1.29 is 4.79 Å². The van der Waals surface area contributed by atoms with Crippen LogP contribution in [0.3, 0.4) is 0 Å². The van der Waals surface area contributed by atoms with Crippen LogP contribution in [0.4, 0.5) is 0 Å². The normalized spacial score (nSPS) is 10.7. The Kier molecular flexibility index (Phi) is 3.83. The zero-order chi connectivity index (χ0) is 13.1. The number of hydrogen-bond donors (Lipinski definition) is 0. The first-order valence-electron chi connectivity index (χ1n) is 5.99. The van der Waals surface area contributed by atoms with Gasteiger partial charge in [0.15, 0.2) is 5.78 Å². The van der Waals surface area contributed by atoms with Crippen LogP contribution in [0, 0.1) is 0 Å². The van der Waals surface area contributed by atoms with E-state index in [4.69, 9.17) is 11.6 Å². The molecule has 0 amide bonds. The second-order valence-electron chi connectivity index (χ2n) is 4.59. The van der Waals surface area contributed by atoms with Crippen LogP contribution in [-0.4, -0.2) is 5.78 Å². The van der Waals surface area contributed by atoms with Crippen molar-refractivity contribution in [2.75, 3.05) is 0 Å². The van der Waals surface area contributed by atoms with Crippen molar-refractivity contribution in [3.8, 4) is 0 Å². The SMILES string of the molecule is CC(C)c1ccc(C(=O)c2ccccc2Cl)cc1. The van der Waals surface area contributed by atoms with Crippen molar-refractivity contribution in [2.45, 2.75) is 19.8 Å². The first-order chi connectivity index (χ1) is 8.59. The van der Waals surface area contributed by atoms with Crippen molar-refractivity contribution in [3.63, 3.8) is 0 Å². The fraction of sp³-hybridized carbons (Fsp3) is 0.188.